The van der Waals surface area contributed by atoms with Crippen LogP contribution in [-0.2, 0) is 11.2 Å². The molecule has 1 aromatic carbocycles. The number of phenols is 1. The van der Waals surface area contributed by atoms with Crippen molar-refractivity contribution in [2.24, 2.45) is 5.10 Å². The highest BCUT2D eigenvalue weighted by Gasteiger charge is 2.06. The van der Waals surface area contributed by atoms with Crippen LogP contribution in [-0.4, -0.2) is 32.4 Å². The number of amides is 1. The summed E-state index contributed by atoms with van der Waals surface area (Å²) in [4.78, 5) is 35.8. The van der Waals surface area contributed by atoms with Crippen molar-refractivity contribution in [3.63, 3.8) is 0 Å². The predicted octanol–water partition coefficient (Wildman–Crippen LogP) is 0.00920. The third kappa shape index (κ3) is 4.88. The van der Waals surface area contributed by atoms with E-state index in [1.165, 1.54) is 12.3 Å². The van der Waals surface area contributed by atoms with Crippen LogP contribution >= 0.6 is 15.9 Å². The van der Waals surface area contributed by atoms with Crippen LogP contribution in [0.15, 0.2) is 37.4 Å². The van der Waals surface area contributed by atoms with Crippen LogP contribution in [0.1, 0.15) is 17.7 Å². The molecule has 10 heteroatoms. The minimum Gasteiger partial charge on any atom is -0.507 e. The fourth-order valence-corrected chi connectivity index (χ4v) is 2.01. The molecule has 0 aliphatic heterocycles. The summed E-state index contributed by atoms with van der Waals surface area (Å²) in [5.41, 5.74) is 1.41. The third-order valence-electron chi connectivity index (χ3n) is 2.75. The minimum atomic E-state index is -0.707. The van der Waals surface area contributed by atoms with E-state index in [2.05, 4.69) is 36.7 Å². The Morgan fingerprint density at radius 1 is 1.43 bits per heavy atom. The Morgan fingerprint density at radius 3 is 2.96 bits per heavy atom. The first kappa shape index (κ1) is 16.6. The number of aromatic nitrogens is 3. The van der Waals surface area contributed by atoms with E-state index < -0.39 is 17.2 Å². The highest BCUT2D eigenvalue weighted by atomic mass is 79.9. The number of hydrogen-bond donors (Lipinski definition) is 4. The molecular formula is C13H12BrN5O4. The Bertz CT molecular complexity index is 858. The normalized spacial score (nSPS) is 10.8. The van der Waals surface area contributed by atoms with Crippen LogP contribution in [0.2, 0.25) is 0 Å². The van der Waals surface area contributed by atoms with Gasteiger partial charge in [-0.3, -0.25) is 14.6 Å². The molecule has 0 aliphatic rings. The van der Waals surface area contributed by atoms with Gasteiger partial charge in [-0.1, -0.05) is 15.9 Å². The summed E-state index contributed by atoms with van der Waals surface area (Å²) in [6.45, 7) is 0. The van der Waals surface area contributed by atoms with Gasteiger partial charge in [-0.15, -0.1) is 0 Å². The number of phenolic OH excluding ortho intramolecular Hbond substituents is 1. The summed E-state index contributed by atoms with van der Waals surface area (Å²) in [6, 6.07) is 4.79. The van der Waals surface area contributed by atoms with Crippen molar-refractivity contribution in [3.05, 3.63) is 54.8 Å². The maximum absolute atomic E-state index is 11.6. The number of H-pyrrole nitrogens is 2. The molecule has 0 bridgehead atoms. The van der Waals surface area contributed by atoms with Crippen molar-refractivity contribution in [1.82, 2.24) is 20.6 Å². The lowest BCUT2D eigenvalue weighted by Gasteiger charge is -2.01. The number of aromatic amines is 2. The number of nitrogens with zero attached hydrogens (tertiary/aromatic N) is 2. The van der Waals surface area contributed by atoms with Crippen LogP contribution in [0.5, 0.6) is 5.75 Å². The fourth-order valence-electron chi connectivity index (χ4n) is 1.63. The highest BCUT2D eigenvalue weighted by Crippen LogP contribution is 2.19. The van der Waals surface area contributed by atoms with E-state index in [4.69, 9.17) is 0 Å². The summed E-state index contributed by atoms with van der Waals surface area (Å²) < 4.78 is 0.756. The topological polar surface area (TPSA) is 140 Å². The molecular weight excluding hydrogens is 370 g/mol. The first-order valence-corrected chi connectivity index (χ1v) is 7.23. The van der Waals surface area contributed by atoms with Gasteiger partial charge in [0.15, 0.2) is 0 Å². The van der Waals surface area contributed by atoms with E-state index in [-0.39, 0.29) is 24.3 Å². The Labute approximate surface area is 137 Å². The second-order valence-corrected chi connectivity index (χ2v) is 5.37. The average molecular weight is 382 g/mol. The zero-order chi connectivity index (χ0) is 16.8. The number of benzene rings is 1. The highest BCUT2D eigenvalue weighted by molar-refractivity contribution is 9.10. The number of hydrazone groups is 1. The average Bonchev–Trinajstić information content (AvgIpc) is 2.50. The molecule has 120 valence electrons. The Kier molecular flexibility index (Phi) is 5.41. The summed E-state index contributed by atoms with van der Waals surface area (Å²) in [6.07, 6.45) is 1.31. The lowest BCUT2D eigenvalue weighted by atomic mass is 10.2. The van der Waals surface area contributed by atoms with Gasteiger partial charge < -0.3 is 5.11 Å². The molecule has 0 fully saturated rings. The number of nitrogens with one attached hydrogen (secondary N) is 3. The van der Waals surface area contributed by atoms with E-state index in [0.29, 0.717) is 5.56 Å². The molecule has 4 N–H and O–H groups in total. The van der Waals surface area contributed by atoms with Gasteiger partial charge in [-0.05, 0) is 18.2 Å². The van der Waals surface area contributed by atoms with Crippen molar-refractivity contribution in [1.29, 1.82) is 0 Å². The maximum Gasteiger partial charge on any atom is 0.342 e. The summed E-state index contributed by atoms with van der Waals surface area (Å²) in [7, 11) is 0. The SMILES string of the molecule is O=C(CCc1n[nH]c(=O)[nH]c1=O)N/N=C/c1cc(Br)ccc1O. The molecule has 0 saturated heterocycles. The second kappa shape index (κ2) is 7.49. The molecule has 1 aromatic heterocycles. The van der Waals surface area contributed by atoms with Gasteiger partial charge in [0, 0.05) is 22.9 Å². The lowest BCUT2D eigenvalue weighted by molar-refractivity contribution is -0.121. The molecule has 0 aliphatic carbocycles. The van der Waals surface area contributed by atoms with Gasteiger partial charge in [-0.25, -0.2) is 15.3 Å². The van der Waals surface area contributed by atoms with Gasteiger partial charge in [0.05, 0.1) is 6.21 Å². The van der Waals surface area contributed by atoms with Crippen LogP contribution in [0.4, 0.5) is 0 Å². The third-order valence-corrected chi connectivity index (χ3v) is 3.25. The van der Waals surface area contributed by atoms with E-state index in [1.807, 2.05) is 4.98 Å². The molecule has 2 rings (SSSR count). The van der Waals surface area contributed by atoms with E-state index >= 15 is 0 Å². The van der Waals surface area contributed by atoms with Crippen molar-refractivity contribution < 1.29 is 9.90 Å². The quantitative estimate of drug-likeness (QED) is 0.426. The maximum atomic E-state index is 11.6. The molecule has 0 atom stereocenters. The van der Waals surface area contributed by atoms with E-state index in [0.717, 1.165) is 4.47 Å². The van der Waals surface area contributed by atoms with Gasteiger partial charge >= 0.3 is 5.69 Å². The predicted molar refractivity (Wildman–Crippen MR) is 85.3 cm³/mol. The fraction of sp³-hybridized carbons (Fsp3) is 0.154. The van der Waals surface area contributed by atoms with Gasteiger partial charge in [-0.2, -0.15) is 10.2 Å². The molecule has 0 spiro atoms. The van der Waals surface area contributed by atoms with Crippen LogP contribution in [0.25, 0.3) is 0 Å². The van der Waals surface area contributed by atoms with Crippen LogP contribution < -0.4 is 16.7 Å². The molecule has 0 radical (unpaired) electrons. The number of aryl methyl sites for hydroxylation is 1. The molecule has 1 amide bonds. The Morgan fingerprint density at radius 2 is 2.22 bits per heavy atom. The molecule has 0 saturated carbocycles. The number of rotatable bonds is 5. The molecule has 1 heterocycles. The number of halogens is 1. The second-order valence-electron chi connectivity index (χ2n) is 4.45. The first-order valence-electron chi connectivity index (χ1n) is 6.44. The molecule has 9 nitrogen and oxygen atoms in total. The van der Waals surface area contributed by atoms with Gasteiger partial charge in [0.25, 0.3) is 5.56 Å². The van der Waals surface area contributed by atoms with E-state index in [9.17, 15) is 19.5 Å². The smallest absolute Gasteiger partial charge is 0.342 e. The van der Waals surface area contributed by atoms with Crippen molar-refractivity contribution in [2.75, 3.05) is 0 Å². The standard InChI is InChI=1S/C13H12BrN5O4/c14-8-1-3-10(20)7(5-8)6-15-18-11(21)4-2-9-12(22)16-13(23)19-17-9/h1,3,5-6,20H,2,4H2,(H,18,21)(H2,16,19,22,23)/b15-6+. The zero-order valence-corrected chi connectivity index (χ0v) is 13.3. The lowest BCUT2D eigenvalue weighted by Crippen LogP contribution is -2.28. The number of aromatic hydroxyl groups is 1. The Hall–Kier alpha value is -2.75. The molecule has 0 unspecified atom stereocenters. The van der Waals surface area contributed by atoms with Crippen molar-refractivity contribution >= 4 is 28.1 Å². The van der Waals surface area contributed by atoms with Gasteiger partial charge in [0.1, 0.15) is 11.4 Å². The summed E-state index contributed by atoms with van der Waals surface area (Å²) >= 11 is 3.25. The number of carbonyl (C=O) groups excluding carboxylic acids is 1. The van der Waals surface area contributed by atoms with Crippen molar-refractivity contribution in [2.45, 2.75) is 12.8 Å². The van der Waals surface area contributed by atoms with E-state index in [1.54, 1.807) is 12.1 Å². The largest absolute Gasteiger partial charge is 0.507 e. The summed E-state index contributed by atoms with van der Waals surface area (Å²) in [5.74, 6) is -0.418. The zero-order valence-electron chi connectivity index (χ0n) is 11.7. The van der Waals surface area contributed by atoms with Crippen LogP contribution in [0, 0.1) is 0 Å². The first-order chi connectivity index (χ1) is 11.0. The summed E-state index contributed by atoms with van der Waals surface area (Å²) in [5, 5.41) is 19.0. The van der Waals surface area contributed by atoms with Crippen LogP contribution in [0.3, 0.4) is 0 Å². The van der Waals surface area contributed by atoms with Gasteiger partial charge in [0.2, 0.25) is 5.91 Å². The monoisotopic (exact) mass is 381 g/mol. The molecule has 2 aromatic rings. The van der Waals surface area contributed by atoms with Crippen molar-refractivity contribution in [3.8, 4) is 5.75 Å². The number of hydrogen-bond acceptors (Lipinski definition) is 6. The molecule has 23 heavy (non-hydrogen) atoms. The number of carbonyl (C=O) groups is 1. The minimum absolute atomic E-state index is 0.0233. The Balaban J connectivity index is 1.90.